The van der Waals surface area contributed by atoms with Crippen molar-refractivity contribution in [2.45, 2.75) is 51.9 Å². The number of carboxylic acids is 1. The smallest absolute Gasteiger partial charge is 0.309 e. The molecule has 1 aliphatic carbocycles. The molecule has 0 radical (unpaired) electrons. The number of halogens is 1. The molecule has 0 aromatic rings. The molecule has 1 saturated carbocycles. The van der Waals surface area contributed by atoms with Crippen molar-refractivity contribution in [2.75, 3.05) is 6.67 Å². The molecule has 0 spiro atoms. The van der Waals surface area contributed by atoms with Crippen LogP contribution in [0.1, 0.15) is 51.9 Å². The van der Waals surface area contributed by atoms with Gasteiger partial charge in [-0.25, -0.2) is 0 Å². The van der Waals surface area contributed by atoms with Crippen molar-refractivity contribution in [3.05, 3.63) is 0 Å². The summed E-state index contributed by atoms with van der Waals surface area (Å²) in [4.78, 5) is 11.3. The maximum atomic E-state index is 12.2. The molecule has 2 nitrogen and oxygen atoms in total. The molecular formula is C12H21FO2. The topological polar surface area (TPSA) is 37.3 Å². The summed E-state index contributed by atoms with van der Waals surface area (Å²) >= 11 is 0. The molecule has 0 bridgehead atoms. The van der Waals surface area contributed by atoms with E-state index in [-0.39, 0.29) is 0 Å². The first-order valence-electron chi connectivity index (χ1n) is 5.94. The van der Waals surface area contributed by atoms with Gasteiger partial charge in [-0.1, -0.05) is 26.2 Å². The SMILES string of the molecule is CCC1CCCC(CCCF)(C(=O)O)C1. The van der Waals surface area contributed by atoms with Crippen LogP contribution in [0.4, 0.5) is 4.39 Å². The Labute approximate surface area is 90.9 Å². The van der Waals surface area contributed by atoms with Gasteiger partial charge >= 0.3 is 5.97 Å². The van der Waals surface area contributed by atoms with Crippen molar-refractivity contribution in [3.63, 3.8) is 0 Å². The van der Waals surface area contributed by atoms with Crippen LogP contribution in [0.2, 0.25) is 0 Å². The van der Waals surface area contributed by atoms with E-state index in [9.17, 15) is 14.3 Å². The Morgan fingerprint density at radius 2 is 2.33 bits per heavy atom. The van der Waals surface area contributed by atoms with Crippen LogP contribution in [0.3, 0.4) is 0 Å². The molecule has 1 rings (SSSR count). The van der Waals surface area contributed by atoms with Crippen LogP contribution in [0.5, 0.6) is 0 Å². The third kappa shape index (κ3) is 2.93. The first kappa shape index (κ1) is 12.5. The van der Waals surface area contributed by atoms with E-state index in [0.29, 0.717) is 18.8 Å². The fourth-order valence-corrected chi connectivity index (χ4v) is 2.77. The summed E-state index contributed by atoms with van der Waals surface area (Å²) in [5.41, 5.74) is -0.620. The zero-order valence-corrected chi connectivity index (χ0v) is 9.47. The molecule has 3 heteroatoms. The third-order valence-electron chi connectivity index (χ3n) is 3.77. The molecule has 0 heterocycles. The average Bonchev–Trinajstić information content (AvgIpc) is 2.26. The quantitative estimate of drug-likeness (QED) is 0.764. The molecule has 0 aromatic heterocycles. The number of rotatable bonds is 5. The van der Waals surface area contributed by atoms with Gasteiger partial charge in [0.2, 0.25) is 0 Å². The fourth-order valence-electron chi connectivity index (χ4n) is 2.77. The fraction of sp³-hybridized carbons (Fsp3) is 0.917. The van der Waals surface area contributed by atoms with Gasteiger partial charge in [-0.15, -0.1) is 0 Å². The second-order valence-electron chi connectivity index (χ2n) is 4.75. The Kier molecular flexibility index (Phi) is 4.55. The van der Waals surface area contributed by atoms with Gasteiger partial charge in [-0.2, -0.15) is 0 Å². The van der Waals surface area contributed by atoms with Crippen LogP contribution >= 0.6 is 0 Å². The molecule has 2 unspecified atom stereocenters. The molecule has 1 aliphatic rings. The van der Waals surface area contributed by atoms with Gasteiger partial charge in [0.1, 0.15) is 0 Å². The highest BCUT2D eigenvalue weighted by Crippen LogP contribution is 2.44. The van der Waals surface area contributed by atoms with Gasteiger partial charge in [-0.05, 0) is 31.6 Å². The molecule has 2 atom stereocenters. The highest BCUT2D eigenvalue weighted by Gasteiger charge is 2.41. The molecule has 0 aliphatic heterocycles. The molecule has 1 fully saturated rings. The molecule has 1 N–H and O–H groups in total. The second-order valence-corrected chi connectivity index (χ2v) is 4.75. The third-order valence-corrected chi connectivity index (χ3v) is 3.77. The second kappa shape index (κ2) is 5.47. The van der Waals surface area contributed by atoms with Gasteiger partial charge in [0.15, 0.2) is 0 Å². The van der Waals surface area contributed by atoms with Crippen LogP contribution in [-0.4, -0.2) is 17.8 Å². The zero-order chi connectivity index (χ0) is 11.3. The summed E-state index contributed by atoms with van der Waals surface area (Å²) in [6.07, 6.45) is 5.55. The zero-order valence-electron chi connectivity index (χ0n) is 9.47. The predicted octanol–water partition coefficient (Wildman–Crippen LogP) is 3.41. The summed E-state index contributed by atoms with van der Waals surface area (Å²) in [6, 6.07) is 0. The molecule has 0 aromatic carbocycles. The first-order chi connectivity index (χ1) is 7.14. The Morgan fingerprint density at radius 1 is 1.60 bits per heavy atom. The van der Waals surface area contributed by atoms with Crippen LogP contribution in [0.15, 0.2) is 0 Å². The predicted molar refractivity (Wildman–Crippen MR) is 57.5 cm³/mol. The highest BCUT2D eigenvalue weighted by molar-refractivity contribution is 5.74. The Hall–Kier alpha value is -0.600. The van der Waals surface area contributed by atoms with Crippen LogP contribution < -0.4 is 0 Å². The first-order valence-corrected chi connectivity index (χ1v) is 5.94. The lowest BCUT2D eigenvalue weighted by atomic mass is 9.67. The van der Waals surface area contributed by atoms with Crippen molar-refractivity contribution in [1.82, 2.24) is 0 Å². The summed E-state index contributed by atoms with van der Waals surface area (Å²) < 4.78 is 12.2. The van der Waals surface area contributed by atoms with Gasteiger partial charge in [0.05, 0.1) is 12.1 Å². The number of hydrogen-bond acceptors (Lipinski definition) is 1. The number of alkyl halides is 1. The van der Waals surface area contributed by atoms with E-state index in [1.807, 2.05) is 0 Å². The van der Waals surface area contributed by atoms with E-state index in [4.69, 9.17) is 0 Å². The minimum absolute atomic E-state index is 0.392. The summed E-state index contributed by atoms with van der Waals surface area (Å²) in [7, 11) is 0. The van der Waals surface area contributed by atoms with E-state index in [1.165, 1.54) is 0 Å². The minimum Gasteiger partial charge on any atom is -0.481 e. The molecule has 0 saturated heterocycles. The van der Waals surface area contributed by atoms with Crippen molar-refractivity contribution >= 4 is 5.97 Å². The van der Waals surface area contributed by atoms with Gasteiger partial charge in [0, 0.05) is 0 Å². The van der Waals surface area contributed by atoms with Crippen LogP contribution in [-0.2, 0) is 4.79 Å². The number of carboxylic acid groups (broad SMARTS) is 1. The van der Waals surface area contributed by atoms with Gasteiger partial charge in [0.25, 0.3) is 0 Å². The van der Waals surface area contributed by atoms with E-state index in [2.05, 4.69) is 6.92 Å². The Balaban J connectivity index is 2.66. The normalized spacial score (nSPS) is 31.5. The minimum atomic E-state index is -0.714. The van der Waals surface area contributed by atoms with Crippen molar-refractivity contribution in [1.29, 1.82) is 0 Å². The van der Waals surface area contributed by atoms with Crippen molar-refractivity contribution < 1.29 is 14.3 Å². The van der Waals surface area contributed by atoms with Crippen molar-refractivity contribution in [3.8, 4) is 0 Å². The monoisotopic (exact) mass is 216 g/mol. The van der Waals surface area contributed by atoms with E-state index in [1.54, 1.807) is 0 Å². The van der Waals surface area contributed by atoms with E-state index in [0.717, 1.165) is 32.1 Å². The van der Waals surface area contributed by atoms with Gasteiger partial charge in [-0.3, -0.25) is 9.18 Å². The standard InChI is InChI=1S/C12H21FO2/c1-2-10-5-3-6-12(9-10,11(14)15)7-4-8-13/h10H,2-9H2,1H3,(H,14,15). The Bertz CT molecular complexity index is 218. The van der Waals surface area contributed by atoms with Crippen molar-refractivity contribution in [2.24, 2.45) is 11.3 Å². The summed E-state index contributed by atoms with van der Waals surface area (Å²) in [5.74, 6) is -0.191. The van der Waals surface area contributed by atoms with E-state index < -0.39 is 18.1 Å². The van der Waals surface area contributed by atoms with Gasteiger partial charge < -0.3 is 5.11 Å². The molecule has 0 amide bonds. The maximum Gasteiger partial charge on any atom is 0.309 e. The average molecular weight is 216 g/mol. The highest BCUT2D eigenvalue weighted by atomic mass is 19.1. The summed E-state index contributed by atoms with van der Waals surface area (Å²) in [6.45, 7) is 1.71. The largest absolute Gasteiger partial charge is 0.481 e. The lowest BCUT2D eigenvalue weighted by Crippen LogP contribution is -2.36. The van der Waals surface area contributed by atoms with Crippen LogP contribution in [0.25, 0.3) is 0 Å². The number of aliphatic carboxylic acids is 1. The number of carbonyl (C=O) groups is 1. The summed E-state index contributed by atoms with van der Waals surface area (Å²) in [5, 5.41) is 9.31. The number of hydrogen-bond donors (Lipinski definition) is 1. The molecule has 88 valence electrons. The van der Waals surface area contributed by atoms with E-state index >= 15 is 0 Å². The lowest BCUT2D eigenvalue weighted by Gasteiger charge is -2.37. The molecular weight excluding hydrogens is 195 g/mol. The lowest BCUT2D eigenvalue weighted by molar-refractivity contribution is -0.153. The maximum absolute atomic E-state index is 12.2. The molecule has 15 heavy (non-hydrogen) atoms. The van der Waals surface area contributed by atoms with Crippen LogP contribution in [0, 0.1) is 11.3 Å². The Morgan fingerprint density at radius 3 is 2.87 bits per heavy atom.